The normalized spacial score (nSPS) is 14.2. The molecule has 0 unspecified atom stereocenters. The van der Waals surface area contributed by atoms with Gasteiger partial charge in [-0.15, -0.1) is 0 Å². The van der Waals surface area contributed by atoms with Crippen LogP contribution in [0.2, 0.25) is 0 Å². The largest absolute Gasteiger partial charge is 0.484 e. The van der Waals surface area contributed by atoms with Crippen molar-refractivity contribution in [1.82, 2.24) is 10.6 Å². The number of ether oxygens (including phenoxy) is 1. The van der Waals surface area contributed by atoms with Gasteiger partial charge >= 0.3 is 0 Å². The Morgan fingerprint density at radius 3 is 2.26 bits per heavy atom. The summed E-state index contributed by atoms with van der Waals surface area (Å²) in [6, 6.07) is 7.79. The number of hydrogen-bond donors (Lipinski definition) is 2. The monoisotopic (exact) mass is 318 g/mol. The molecule has 1 aliphatic rings. The molecule has 1 fully saturated rings. The highest BCUT2D eigenvalue weighted by Gasteiger charge is 2.28. The maximum Gasteiger partial charge on any atom is 0.258 e. The fourth-order valence-electron chi connectivity index (χ4n) is 2.13. The molecular weight excluding hydrogens is 292 g/mol. The van der Waals surface area contributed by atoms with E-state index in [9.17, 15) is 9.59 Å². The average molecular weight is 318 g/mol. The number of nitrogens with one attached hydrogen (secondary N) is 2. The highest BCUT2D eigenvalue weighted by molar-refractivity contribution is 5.81. The van der Waals surface area contributed by atoms with Gasteiger partial charge in [-0.05, 0) is 36.0 Å². The minimum atomic E-state index is -0.189. The van der Waals surface area contributed by atoms with Gasteiger partial charge in [0.05, 0.1) is 0 Å². The van der Waals surface area contributed by atoms with Gasteiger partial charge in [-0.3, -0.25) is 9.59 Å². The molecule has 0 heterocycles. The van der Waals surface area contributed by atoms with Gasteiger partial charge in [0.15, 0.2) is 6.61 Å². The van der Waals surface area contributed by atoms with E-state index in [4.69, 9.17) is 4.74 Å². The van der Waals surface area contributed by atoms with Crippen molar-refractivity contribution in [3.8, 4) is 5.75 Å². The van der Waals surface area contributed by atoms with Gasteiger partial charge in [0.1, 0.15) is 5.75 Å². The van der Waals surface area contributed by atoms with Gasteiger partial charge in [0, 0.05) is 19.0 Å². The Hall–Kier alpha value is -2.04. The van der Waals surface area contributed by atoms with Crippen LogP contribution in [0.15, 0.2) is 24.3 Å². The molecule has 0 aliphatic heterocycles. The highest BCUT2D eigenvalue weighted by Crippen LogP contribution is 2.28. The van der Waals surface area contributed by atoms with Crippen molar-refractivity contribution >= 4 is 11.8 Å². The van der Waals surface area contributed by atoms with Gasteiger partial charge in [-0.25, -0.2) is 0 Å². The highest BCUT2D eigenvalue weighted by atomic mass is 16.5. The Bertz CT molecular complexity index is 542. The molecule has 5 heteroatoms. The number of amides is 2. The first-order valence-electron chi connectivity index (χ1n) is 8.14. The van der Waals surface area contributed by atoms with E-state index in [2.05, 4.69) is 31.4 Å². The van der Waals surface area contributed by atoms with E-state index < -0.39 is 0 Å². The van der Waals surface area contributed by atoms with Crippen LogP contribution >= 0.6 is 0 Å². The topological polar surface area (TPSA) is 67.4 Å². The van der Waals surface area contributed by atoms with Crippen molar-refractivity contribution in [2.24, 2.45) is 5.92 Å². The van der Waals surface area contributed by atoms with Gasteiger partial charge in [0.25, 0.3) is 5.91 Å². The van der Waals surface area contributed by atoms with E-state index in [1.165, 1.54) is 5.56 Å². The van der Waals surface area contributed by atoms with Crippen molar-refractivity contribution in [2.45, 2.75) is 39.0 Å². The van der Waals surface area contributed by atoms with Crippen LogP contribution in [-0.4, -0.2) is 31.5 Å². The Morgan fingerprint density at radius 1 is 1.09 bits per heavy atom. The Kier molecular flexibility index (Phi) is 5.64. The zero-order valence-corrected chi connectivity index (χ0v) is 14.1. The molecule has 1 saturated carbocycles. The molecule has 2 N–H and O–H groups in total. The molecule has 0 atom stereocenters. The summed E-state index contributed by atoms with van der Waals surface area (Å²) < 4.78 is 5.46. The third-order valence-corrected chi connectivity index (χ3v) is 3.78. The van der Waals surface area contributed by atoms with Crippen LogP contribution < -0.4 is 15.4 Å². The molecule has 0 saturated heterocycles. The summed E-state index contributed by atoms with van der Waals surface area (Å²) in [5.74, 6) is 0.778. The summed E-state index contributed by atoms with van der Waals surface area (Å²) in [5, 5.41) is 5.52. The Balaban J connectivity index is 1.62. The summed E-state index contributed by atoms with van der Waals surface area (Å²) in [5.41, 5.74) is 1.32. The number of hydrogen-bond acceptors (Lipinski definition) is 3. The summed E-state index contributed by atoms with van der Waals surface area (Å²) >= 11 is 0. The molecule has 1 aromatic carbocycles. The van der Waals surface area contributed by atoms with Crippen LogP contribution in [0.3, 0.4) is 0 Å². The van der Waals surface area contributed by atoms with Crippen LogP contribution in [0.5, 0.6) is 5.75 Å². The molecule has 0 aromatic heterocycles. The van der Waals surface area contributed by atoms with Crippen molar-refractivity contribution in [3.05, 3.63) is 29.8 Å². The van der Waals surface area contributed by atoms with E-state index in [1.54, 1.807) is 0 Å². The summed E-state index contributed by atoms with van der Waals surface area (Å²) in [6.07, 6.45) is 1.97. The maximum atomic E-state index is 11.7. The standard InChI is InChI=1S/C18H26N2O3/c1-18(2,3)14-6-8-15(9-7-14)23-12-16(21)19-10-11-20-17(22)13-4-5-13/h6-9,13H,4-5,10-12H2,1-3H3,(H,19,21)(H,20,22). The maximum absolute atomic E-state index is 11.7. The minimum Gasteiger partial charge on any atom is -0.484 e. The van der Waals surface area contributed by atoms with Crippen LogP contribution in [-0.2, 0) is 15.0 Å². The van der Waals surface area contributed by atoms with E-state index >= 15 is 0 Å². The lowest BCUT2D eigenvalue weighted by Crippen LogP contribution is -2.37. The summed E-state index contributed by atoms with van der Waals surface area (Å²) in [7, 11) is 0. The molecule has 2 rings (SSSR count). The van der Waals surface area contributed by atoms with Crippen LogP contribution in [0.1, 0.15) is 39.2 Å². The van der Waals surface area contributed by atoms with E-state index in [-0.39, 0.29) is 29.8 Å². The second-order valence-electron chi connectivity index (χ2n) is 6.98. The smallest absolute Gasteiger partial charge is 0.258 e. The van der Waals surface area contributed by atoms with Crippen LogP contribution in [0.25, 0.3) is 0 Å². The lowest BCUT2D eigenvalue weighted by atomic mass is 9.87. The summed E-state index contributed by atoms with van der Waals surface area (Å²) in [6.45, 7) is 7.31. The van der Waals surface area contributed by atoms with Gasteiger partial charge in [0.2, 0.25) is 5.91 Å². The quantitative estimate of drug-likeness (QED) is 0.756. The van der Waals surface area contributed by atoms with Gasteiger partial charge < -0.3 is 15.4 Å². The predicted octanol–water partition coefficient (Wildman–Crippen LogP) is 2.01. The third-order valence-electron chi connectivity index (χ3n) is 3.78. The lowest BCUT2D eigenvalue weighted by Gasteiger charge is -2.19. The van der Waals surface area contributed by atoms with Crippen molar-refractivity contribution in [3.63, 3.8) is 0 Å². The average Bonchev–Trinajstić information content (AvgIpc) is 3.33. The number of carbonyl (C=O) groups excluding carboxylic acids is 2. The number of carbonyl (C=O) groups is 2. The Morgan fingerprint density at radius 2 is 1.70 bits per heavy atom. The van der Waals surface area contributed by atoms with E-state index in [0.29, 0.717) is 18.8 Å². The van der Waals surface area contributed by atoms with Gasteiger partial charge in [-0.2, -0.15) is 0 Å². The second-order valence-corrected chi connectivity index (χ2v) is 6.98. The first kappa shape index (κ1) is 17.3. The molecule has 126 valence electrons. The lowest BCUT2D eigenvalue weighted by molar-refractivity contribution is -0.124. The second kappa shape index (κ2) is 7.49. The number of rotatable bonds is 7. The first-order chi connectivity index (χ1) is 10.9. The van der Waals surface area contributed by atoms with Gasteiger partial charge in [-0.1, -0.05) is 32.9 Å². The fraction of sp³-hybridized carbons (Fsp3) is 0.556. The molecule has 0 bridgehead atoms. The van der Waals surface area contributed by atoms with E-state index in [1.807, 2.05) is 24.3 Å². The molecular formula is C18H26N2O3. The van der Waals surface area contributed by atoms with Crippen LogP contribution in [0.4, 0.5) is 0 Å². The molecule has 0 radical (unpaired) electrons. The zero-order chi connectivity index (χ0) is 16.9. The predicted molar refractivity (Wildman–Crippen MR) is 89.4 cm³/mol. The fourth-order valence-corrected chi connectivity index (χ4v) is 2.13. The first-order valence-corrected chi connectivity index (χ1v) is 8.14. The molecule has 5 nitrogen and oxygen atoms in total. The molecule has 2 amide bonds. The molecule has 1 aliphatic carbocycles. The minimum absolute atomic E-state index is 0.0224. The van der Waals surface area contributed by atoms with Crippen molar-refractivity contribution in [1.29, 1.82) is 0 Å². The SMILES string of the molecule is CC(C)(C)c1ccc(OCC(=O)NCCNC(=O)C2CC2)cc1. The molecule has 23 heavy (non-hydrogen) atoms. The molecule has 1 aromatic rings. The van der Waals surface area contributed by atoms with Crippen molar-refractivity contribution < 1.29 is 14.3 Å². The number of benzene rings is 1. The zero-order valence-electron chi connectivity index (χ0n) is 14.1. The van der Waals surface area contributed by atoms with E-state index in [0.717, 1.165) is 12.8 Å². The van der Waals surface area contributed by atoms with Crippen molar-refractivity contribution in [2.75, 3.05) is 19.7 Å². The van der Waals surface area contributed by atoms with Crippen LogP contribution in [0, 0.1) is 5.92 Å². The molecule has 0 spiro atoms. The third kappa shape index (κ3) is 5.93. The Labute approximate surface area is 137 Å². The summed E-state index contributed by atoms with van der Waals surface area (Å²) in [4.78, 5) is 23.1.